The van der Waals surface area contributed by atoms with Gasteiger partial charge in [-0.1, -0.05) is 32.0 Å². The number of cyclic esters (lactones) is 1. The maximum Gasteiger partial charge on any atom is 0.329 e. The first kappa shape index (κ1) is 31.6. The summed E-state index contributed by atoms with van der Waals surface area (Å²) in [6.45, 7) is 4.53. The predicted molar refractivity (Wildman–Crippen MR) is 151 cm³/mol. The lowest BCUT2D eigenvalue weighted by Gasteiger charge is -2.31. The Morgan fingerprint density at radius 3 is 2.49 bits per heavy atom. The highest BCUT2D eigenvalue weighted by molar-refractivity contribution is 5.98. The molecule has 0 spiro atoms. The van der Waals surface area contributed by atoms with E-state index in [-0.39, 0.29) is 41.4 Å². The zero-order valence-electron chi connectivity index (χ0n) is 24.8. The van der Waals surface area contributed by atoms with Gasteiger partial charge in [-0.25, -0.2) is 9.78 Å². The van der Waals surface area contributed by atoms with Crippen molar-refractivity contribution in [2.75, 3.05) is 13.9 Å². The van der Waals surface area contributed by atoms with Gasteiger partial charge in [0, 0.05) is 12.3 Å². The molecular formula is C31H38N2O10. The van der Waals surface area contributed by atoms with Crippen molar-refractivity contribution in [3.63, 3.8) is 0 Å². The van der Waals surface area contributed by atoms with Gasteiger partial charge < -0.3 is 33.7 Å². The molecule has 12 nitrogen and oxygen atoms in total. The zero-order valence-corrected chi connectivity index (χ0v) is 24.8. The Morgan fingerprint density at radius 1 is 1.07 bits per heavy atom. The lowest BCUT2D eigenvalue weighted by molar-refractivity contribution is -0.175. The van der Waals surface area contributed by atoms with E-state index in [2.05, 4.69) is 10.3 Å². The summed E-state index contributed by atoms with van der Waals surface area (Å²) in [5.74, 6) is -2.01. The summed E-state index contributed by atoms with van der Waals surface area (Å²) in [4.78, 5) is 55.3. The lowest BCUT2D eigenvalue weighted by Crippen LogP contribution is -2.47. The summed E-state index contributed by atoms with van der Waals surface area (Å²) in [7, 11) is 1.39. The van der Waals surface area contributed by atoms with Crippen molar-refractivity contribution in [3.8, 4) is 17.2 Å². The zero-order chi connectivity index (χ0) is 30.9. The average molecular weight is 599 g/mol. The first-order valence-corrected chi connectivity index (χ1v) is 14.4. The number of para-hydroxylation sites is 1. The number of amides is 1. The Morgan fingerprint density at radius 2 is 1.81 bits per heavy atom. The lowest BCUT2D eigenvalue weighted by atomic mass is 10.0. The molecule has 1 N–H and O–H groups in total. The third-order valence-corrected chi connectivity index (χ3v) is 7.08. The monoisotopic (exact) mass is 598 g/mol. The van der Waals surface area contributed by atoms with Crippen molar-refractivity contribution in [2.24, 2.45) is 11.8 Å². The van der Waals surface area contributed by atoms with E-state index in [4.69, 9.17) is 28.4 Å². The van der Waals surface area contributed by atoms with Crippen LogP contribution in [0, 0.1) is 11.8 Å². The van der Waals surface area contributed by atoms with Crippen molar-refractivity contribution in [1.29, 1.82) is 0 Å². The van der Waals surface area contributed by atoms with Crippen LogP contribution in [0.1, 0.15) is 63.4 Å². The molecule has 0 radical (unpaired) electrons. The predicted octanol–water partition coefficient (Wildman–Crippen LogP) is 3.61. The van der Waals surface area contributed by atoms with Crippen LogP contribution in [0.4, 0.5) is 0 Å². The van der Waals surface area contributed by atoms with Gasteiger partial charge in [-0.3, -0.25) is 14.4 Å². The molecule has 232 valence electrons. The van der Waals surface area contributed by atoms with E-state index in [0.29, 0.717) is 18.6 Å². The summed E-state index contributed by atoms with van der Waals surface area (Å²) >= 11 is 0. The third-order valence-electron chi connectivity index (χ3n) is 7.08. The molecule has 2 aliphatic rings. The Balaban J connectivity index is 1.50. The fourth-order valence-corrected chi connectivity index (χ4v) is 4.52. The number of hydrogen-bond donors (Lipinski definition) is 1. The second kappa shape index (κ2) is 14.7. The normalized spacial score (nSPS) is 22.2. The van der Waals surface area contributed by atoms with Gasteiger partial charge >= 0.3 is 17.9 Å². The van der Waals surface area contributed by atoms with E-state index in [9.17, 15) is 19.2 Å². The van der Waals surface area contributed by atoms with Gasteiger partial charge in [0.15, 0.2) is 23.3 Å². The molecule has 1 saturated carbocycles. The van der Waals surface area contributed by atoms with Crippen LogP contribution in [0.25, 0.3) is 0 Å². The largest absolute Gasteiger partial charge is 0.493 e. The number of carbonyl (C=O) groups excluding carboxylic acids is 4. The van der Waals surface area contributed by atoms with Crippen molar-refractivity contribution < 1.29 is 47.6 Å². The second-order valence-electron chi connectivity index (χ2n) is 10.8. The smallest absolute Gasteiger partial charge is 0.329 e. The minimum atomic E-state index is -1.04. The number of pyridine rings is 1. The maximum absolute atomic E-state index is 13.4. The van der Waals surface area contributed by atoms with Gasteiger partial charge in [-0.2, -0.15) is 0 Å². The molecule has 1 aliphatic heterocycles. The van der Waals surface area contributed by atoms with Gasteiger partial charge in [-0.05, 0) is 51.2 Å². The van der Waals surface area contributed by atoms with E-state index < -0.39 is 49.0 Å². The molecule has 2 aromatic rings. The minimum Gasteiger partial charge on any atom is -0.493 e. The molecule has 2 heterocycles. The molecule has 1 aliphatic carbocycles. The number of rotatable bonds is 11. The summed E-state index contributed by atoms with van der Waals surface area (Å²) < 4.78 is 33.8. The molecule has 4 unspecified atom stereocenters. The quantitative estimate of drug-likeness (QED) is 0.230. The number of hydrogen-bond acceptors (Lipinski definition) is 11. The average Bonchev–Trinajstić information content (AvgIpc) is 3.84. The van der Waals surface area contributed by atoms with E-state index >= 15 is 0 Å². The van der Waals surface area contributed by atoms with E-state index in [1.54, 1.807) is 32.9 Å². The van der Waals surface area contributed by atoms with Crippen molar-refractivity contribution >= 4 is 23.8 Å². The molecule has 0 bridgehead atoms. The second-order valence-corrected chi connectivity index (χ2v) is 10.8. The molecule has 1 aromatic carbocycles. The molecule has 4 rings (SSSR count). The Bertz CT molecular complexity index is 1280. The van der Waals surface area contributed by atoms with Crippen LogP contribution in [-0.2, 0) is 28.6 Å². The molecule has 43 heavy (non-hydrogen) atoms. The Labute approximate surface area is 250 Å². The number of esters is 3. The third kappa shape index (κ3) is 8.59. The first-order valence-electron chi connectivity index (χ1n) is 14.4. The van der Waals surface area contributed by atoms with Gasteiger partial charge in [0.05, 0.1) is 18.9 Å². The van der Waals surface area contributed by atoms with Crippen LogP contribution < -0.4 is 19.5 Å². The summed E-state index contributed by atoms with van der Waals surface area (Å²) in [5.41, 5.74) is -0.165. The highest BCUT2D eigenvalue weighted by atomic mass is 16.7. The fraction of sp³-hybridized carbons (Fsp3) is 0.516. The topological polar surface area (TPSA) is 149 Å². The van der Waals surface area contributed by atoms with Crippen LogP contribution in [0.3, 0.4) is 0 Å². The number of methoxy groups -OCH3 is 1. The number of ether oxygens (including phenoxy) is 6. The Kier molecular flexibility index (Phi) is 10.8. The SMILES string of the molecule is COc1ccnc(C(=O)NC2CCCC(Oc3ccccc3)C(OC(=O)C3CC3)C(C)OC2=O)c1OCOC(=O)C(C)C. The molecule has 12 heteroatoms. The molecule has 1 saturated heterocycles. The van der Waals surface area contributed by atoms with Gasteiger partial charge in [0.25, 0.3) is 5.91 Å². The van der Waals surface area contributed by atoms with Crippen molar-refractivity contribution in [1.82, 2.24) is 10.3 Å². The first-order chi connectivity index (χ1) is 20.7. The standard InChI is InChI=1S/C31H38N2O10/c1-18(2)29(35)40-17-39-27-23(38-4)15-16-32-25(27)28(34)33-22-11-8-12-24(42-21-9-6-5-7-10-21)26(19(3)41-31(22)37)43-30(36)20-13-14-20/h5-7,9-10,15-16,18-20,22,24,26H,8,11-14,17H2,1-4H3,(H,33,34). The van der Waals surface area contributed by atoms with Gasteiger partial charge in [-0.15, -0.1) is 0 Å². The molecule has 2 fully saturated rings. The number of benzene rings is 1. The molecule has 4 atom stereocenters. The molecular weight excluding hydrogens is 560 g/mol. The van der Waals surface area contributed by atoms with Crippen LogP contribution in [0.15, 0.2) is 42.6 Å². The van der Waals surface area contributed by atoms with Crippen molar-refractivity contribution in [2.45, 2.75) is 77.2 Å². The number of nitrogens with zero attached hydrogens (tertiary/aromatic N) is 1. The minimum absolute atomic E-state index is 0.0489. The summed E-state index contributed by atoms with van der Waals surface area (Å²) in [6.07, 6.45) is 1.70. The highest BCUT2D eigenvalue weighted by Crippen LogP contribution is 2.33. The number of nitrogens with one attached hydrogen (secondary N) is 1. The van der Waals surface area contributed by atoms with Crippen LogP contribution in [0.5, 0.6) is 17.2 Å². The van der Waals surface area contributed by atoms with Gasteiger partial charge in [0.2, 0.25) is 6.79 Å². The van der Waals surface area contributed by atoms with Crippen molar-refractivity contribution in [3.05, 3.63) is 48.3 Å². The highest BCUT2D eigenvalue weighted by Gasteiger charge is 2.41. The van der Waals surface area contributed by atoms with Crippen LogP contribution in [-0.4, -0.2) is 67.1 Å². The number of aromatic nitrogens is 1. The van der Waals surface area contributed by atoms with Crippen LogP contribution in [0.2, 0.25) is 0 Å². The Hall–Kier alpha value is -4.35. The summed E-state index contributed by atoms with van der Waals surface area (Å²) in [6, 6.07) is 9.59. The maximum atomic E-state index is 13.4. The fourth-order valence-electron chi connectivity index (χ4n) is 4.52. The van der Waals surface area contributed by atoms with E-state index in [0.717, 1.165) is 12.8 Å². The van der Waals surface area contributed by atoms with E-state index in [1.165, 1.54) is 19.4 Å². The molecule has 1 aromatic heterocycles. The molecule has 1 amide bonds. The number of carbonyl (C=O) groups is 4. The van der Waals surface area contributed by atoms with Crippen LogP contribution >= 0.6 is 0 Å². The van der Waals surface area contributed by atoms with Gasteiger partial charge in [0.1, 0.15) is 24.0 Å². The van der Waals surface area contributed by atoms with E-state index in [1.807, 2.05) is 18.2 Å². The summed E-state index contributed by atoms with van der Waals surface area (Å²) in [5, 5.41) is 2.69.